The minimum atomic E-state index is -1.49. The Labute approximate surface area is 68.9 Å². The molecule has 1 unspecified atom stereocenters. The average molecular weight is 174 g/mol. The van der Waals surface area contributed by atoms with Crippen LogP contribution in [-0.4, -0.2) is 33.9 Å². The highest BCUT2D eigenvalue weighted by atomic mass is 16.7. The van der Waals surface area contributed by atoms with E-state index in [0.29, 0.717) is 0 Å². The van der Waals surface area contributed by atoms with Crippen molar-refractivity contribution in [2.24, 2.45) is 5.92 Å². The lowest BCUT2D eigenvalue weighted by Gasteiger charge is -2.09. The first-order valence-corrected chi connectivity index (χ1v) is 3.57. The summed E-state index contributed by atoms with van der Waals surface area (Å²) in [5.41, 5.74) is -1.49. The second-order valence-corrected chi connectivity index (χ2v) is 3.09. The lowest BCUT2D eigenvalue weighted by Crippen LogP contribution is -2.35. The summed E-state index contributed by atoms with van der Waals surface area (Å²) in [5.74, 6) is -2.76. The molecule has 0 aromatic rings. The smallest absolute Gasteiger partial charge is 0.339 e. The molecule has 68 valence electrons. The van der Waals surface area contributed by atoms with E-state index in [4.69, 9.17) is 10.2 Å². The summed E-state index contributed by atoms with van der Waals surface area (Å²) in [4.78, 5) is 21.0. The van der Waals surface area contributed by atoms with Crippen molar-refractivity contribution >= 4 is 11.9 Å². The van der Waals surface area contributed by atoms with Gasteiger partial charge in [-0.25, -0.2) is 9.59 Å². The highest BCUT2D eigenvalue weighted by Crippen LogP contribution is 2.43. The quantitative estimate of drug-likeness (QED) is 0.585. The van der Waals surface area contributed by atoms with E-state index in [0.717, 1.165) is 0 Å². The first kappa shape index (κ1) is 8.99. The maximum Gasteiger partial charge on any atom is 0.339 e. The third kappa shape index (κ3) is 0.972. The number of ether oxygens (including phenoxy) is 1. The third-order valence-corrected chi connectivity index (χ3v) is 2.06. The van der Waals surface area contributed by atoms with Gasteiger partial charge in [-0.3, -0.25) is 0 Å². The average Bonchev–Trinajstić information content (AvgIpc) is 2.60. The minimum absolute atomic E-state index is 0.337. The lowest BCUT2D eigenvalue weighted by molar-refractivity contribution is -0.146. The van der Waals surface area contributed by atoms with Crippen LogP contribution in [0, 0.1) is 5.92 Å². The van der Waals surface area contributed by atoms with Crippen molar-refractivity contribution in [3.05, 3.63) is 0 Å². The molecule has 5 nitrogen and oxygen atoms in total. The van der Waals surface area contributed by atoms with E-state index in [2.05, 4.69) is 4.74 Å². The first-order valence-electron chi connectivity index (χ1n) is 3.57. The molecule has 1 aliphatic rings. The zero-order chi connectivity index (χ0) is 9.52. The topological polar surface area (TPSA) is 87.1 Å². The van der Waals surface area contributed by atoms with Gasteiger partial charge in [-0.2, -0.15) is 0 Å². The Balaban J connectivity index is 2.83. The van der Waals surface area contributed by atoms with Crippen molar-refractivity contribution in [1.82, 2.24) is 0 Å². The van der Waals surface area contributed by atoms with Crippen molar-refractivity contribution in [3.63, 3.8) is 0 Å². The Morgan fingerprint density at radius 3 is 2.00 bits per heavy atom. The zero-order valence-corrected chi connectivity index (χ0v) is 6.77. The largest absolute Gasteiger partial charge is 0.479 e. The molecule has 0 aliphatic carbocycles. The molecule has 0 spiro atoms. The first-order chi connectivity index (χ1) is 5.43. The van der Waals surface area contributed by atoms with Crippen LogP contribution in [0.4, 0.5) is 0 Å². The summed E-state index contributed by atoms with van der Waals surface area (Å²) in [6.07, 6.45) is -1.19. The molecule has 1 heterocycles. The Morgan fingerprint density at radius 1 is 1.42 bits per heavy atom. The lowest BCUT2D eigenvalue weighted by atomic mass is 9.92. The van der Waals surface area contributed by atoms with Crippen LogP contribution >= 0.6 is 0 Å². The van der Waals surface area contributed by atoms with Crippen LogP contribution in [0.25, 0.3) is 0 Å². The molecule has 0 aromatic carbocycles. The van der Waals surface area contributed by atoms with Crippen LogP contribution in [0.15, 0.2) is 0 Å². The van der Waals surface area contributed by atoms with Gasteiger partial charge in [-0.1, -0.05) is 13.8 Å². The number of carboxylic acids is 2. The van der Waals surface area contributed by atoms with E-state index in [9.17, 15) is 9.59 Å². The highest BCUT2D eigenvalue weighted by molar-refractivity contribution is 5.92. The number of epoxide rings is 1. The normalized spacial score (nSPS) is 33.4. The SMILES string of the molecule is CC(C)[C@]1(C(=O)O)OC1C(=O)O. The van der Waals surface area contributed by atoms with Gasteiger partial charge in [0.25, 0.3) is 0 Å². The molecule has 0 amide bonds. The van der Waals surface area contributed by atoms with Gasteiger partial charge in [0.05, 0.1) is 0 Å². The molecule has 2 atom stereocenters. The predicted octanol–water partition coefficient (Wildman–Crippen LogP) is -0.0508. The van der Waals surface area contributed by atoms with E-state index < -0.39 is 23.6 Å². The molecule has 2 N–H and O–H groups in total. The van der Waals surface area contributed by atoms with Gasteiger partial charge in [-0.15, -0.1) is 0 Å². The molecule has 0 radical (unpaired) electrons. The van der Waals surface area contributed by atoms with Crippen molar-refractivity contribution in [1.29, 1.82) is 0 Å². The summed E-state index contributed by atoms with van der Waals surface area (Å²) >= 11 is 0. The summed E-state index contributed by atoms with van der Waals surface area (Å²) in [5, 5.41) is 17.2. The van der Waals surface area contributed by atoms with Crippen molar-refractivity contribution in [3.8, 4) is 0 Å². The molecule has 1 rings (SSSR count). The standard InChI is InChI=1S/C7H10O5/c1-3(2)7(6(10)11)4(12-7)5(8)9/h3-4H,1-2H3,(H,8,9)(H,10,11)/t4?,7-/m0/s1. The monoisotopic (exact) mass is 174 g/mol. The molecule has 5 heteroatoms. The molecule has 1 aliphatic heterocycles. The zero-order valence-electron chi connectivity index (χ0n) is 6.77. The Kier molecular flexibility index (Phi) is 1.83. The number of aliphatic carboxylic acids is 2. The number of carbonyl (C=O) groups is 2. The van der Waals surface area contributed by atoms with Gasteiger partial charge >= 0.3 is 11.9 Å². The summed E-state index contributed by atoms with van der Waals surface area (Å²) in [7, 11) is 0. The summed E-state index contributed by atoms with van der Waals surface area (Å²) < 4.78 is 4.69. The van der Waals surface area contributed by atoms with E-state index >= 15 is 0 Å². The maximum absolute atomic E-state index is 10.7. The van der Waals surface area contributed by atoms with Crippen LogP contribution in [0.2, 0.25) is 0 Å². The molecule has 0 aromatic heterocycles. The summed E-state index contributed by atoms with van der Waals surface area (Å²) in [6.45, 7) is 3.24. The molecule has 0 bridgehead atoms. The van der Waals surface area contributed by atoms with Gasteiger partial charge in [-0.05, 0) is 5.92 Å². The highest BCUT2D eigenvalue weighted by Gasteiger charge is 2.69. The number of hydrogen-bond acceptors (Lipinski definition) is 3. The fourth-order valence-electron chi connectivity index (χ4n) is 1.24. The second-order valence-electron chi connectivity index (χ2n) is 3.09. The number of hydrogen-bond donors (Lipinski definition) is 2. The van der Waals surface area contributed by atoms with Crippen LogP contribution in [0.3, 0.4) is 0 Å². The van der Waals surface area contributed by atoms with Crippen LogP contribution in [0.1, 0.15) is 13.8 Å². The van der Waals surface area contributed by atoms with Gasteiger partial charge < -0.3 is 14.9 Å². The van der Waals surface area contributed by atoms with Crippen molar-refractivity contribution in [2.45, 2.75) is 25.6 Å². The Hall–Kier alpha value is -1.10. The second kappa shape index (κ2) is 2.45. The fraction of sp³-hybridized carbons (Fsp3) is 0.714. The van der Waals surface area contributed by atoms with Crippen molar-refractivity contribution < 1.29 is 24.5 Å². The summed E-state index contributed by atoms with van der Waals surface area (Å²) in [6, 6.07) is 0. The van der Waals surface area contributed by atoms with Crippen LogP contribution < -0.4 is 0 Å². The Bertz CT molecular complexity index is 234. The third-order valence-electron chi connectivity index (χ3n) is 2.06. The molecule has 12 heavy (non-hydrogen) atoms. The maximum atomic E-state index is 10.7. The van der Waals surface area contributed by atoms with Gasteiger partial charge in [0.15, 0.2) is 6.10 Å². The minimum Gasteiger partial charge on any atom is -0.479 e. The molecule has 1 saturated heterocycles. The van der Waals surface area contributed by atoms with E-state index in [1.165, 1.54) is 0 Å². The molecule has 0 saturated carbocycles. The van der Waals surface area contributed by atoms with E-state index in [-0.39, 0.29) is 5.92 Å². The van der Waals surface area contributed by atoms with Gasteiger partial charge in [0.1, 0.15) is 0 Å². The predicted molar refractivity (Wildman–Crippen MR) is 37.7 cm³/mol. The Morgan fingerprint density at radius 2 is 1.92 bits per heavy atom. The van der Waals surface area contributed by atoms with Crippen molar-refractivity contribution in [2.75, 3.05) is 0 Å². The van der Waals surface area contributed by atoms with Crippen LogP contribution in [-0.2, 0) is 14.3 Å². The molecular formula is C7H10O5. The molecular weight excluding hydrogens is 164 g/mol. The fourth-order valence-corrected chi connectivity index (χ4v) is 1.24. The van der Waals surface area contributed by atoms with Gasteiger partial charge in [0.2, 0.25) is 5.60 Å². The molecule has 1 fully saturated rings. The van der Waals surface area contributed by atoms with Gasteiger partial charge in [0, 0.05) is 0 Å². The van der Waals surface area contributed by atoms with E-state index in [1.54, 1.807) is 13.8 Å². The van der Waals surface area contributed by atoms with E-state index in [1.807, 2.05) is 0 Å². The van der Waals surface area contributed by atoms with Crippen LogP contribution in [0.5, 0.6) is 0 Å². The number of carboxylic acid groups (broad SMARTS) is 2. The number of rotatable bonds is 3.